The summed E-state index contributed by atoms with van der Waals surface area (Å²) in [6, 6.07) is 5.56. The number of amidine groups is 1. The standard InChI is InChI=1S/C12H19N3O/c1-9-4-5-10(12(13)14)8-11(9)16-7-6-15(2)3/h4-5,8H,6-7H2,1-3H3,(H3,13,14). The molecule has 0 aromatic heterocycles. The van der Waals surface area contributed by atoms with Gasteiger partial charge in [-0.2, -0.15) is 0 Å². The minimum absolute atomic E-state index is 0.0671. The zero-order valence-electron chi connectivity index (χ0n) is 10.1. The van der Waals surface area contributed by atoms with Gasteiger partial charge in [0.05, 0.1) is 0 Å². The molecule has 0 fully saturated rings. The first-order valence-electron chi connectivity index (χ1n) is 5.23. The molecule has 0 aliphatic carbocycles. The van der Waals surface area contributed by atoms with E-state index in [1.807, 2.05) is 39.2 Å². The maximum absolute atomic E-state index is 7.36. The summed E-state index contributed by atoms with van der Waals surface area (Å²) in [4.78, 5) is 2.06. The van der Waals surface area contributed by atoms with Crippen molar-refractivity contribution in [1.29, 1.82) is 5.41 Å². The highest BCUT2D eigenvalue weighted by Gasteiger charge is 2.03. The normalized spacial score (nSPS) is 10.5. The number of nitrogens with one attached hydrogen (secondary N) is 1. The number of nitrogens with zero attached hydrogens (tertiary/aromatic N) is 1. The molecule has 0 bridgehead atoms. The summed E-state index contributed by atoms with van der Waals surface area (Å²) < 4.78 is 5.64. The lowest BCUT2D eigenvalue weighted by Gasteiger charge is -2.13. The van der Waals surface area contributed by atoms with Crippen LogP contribution in [0.5, 0.6) is 5.75 Å². The van der Waals surface area contributed by atoms with Crippen molar-refractivity contribution in [2.45, 2.75) is 6.92 Å². The zero-order chi connectivity index (χ0) is 12.1. The third kappa shape index (κ3) is 3.55. The van der Waals surface area contributed by atoms with Gasteiger partial charge >= 0.3 is 0 Å². The van der Waals surface area contributed by atoms with E-state index < -0.39 is 0 Å². The van der Waals surface area contributed by atoms with Gasteiger partial charge in [-0.25, -0.2) is 0 Å². The Kier molecular flexibility index (Phi) is 4.31. The summed E-state index contributed by atoms with van der Waals surface area (Å²) in [5.41, 5.74) is 7.19. The molecule has 0 unspecified atom stereocenters. The summed E-state index contributed by atoms with van der Waals surface area (Å²) in [6.45, 7) is 3.48. The highest BCUT2D eigenvalue weighted by molar-refractivity contribution is 5.95. The fraction of sp³-hybridized carbons (Fsp3) is 0.417. The molecule has 0 spiro atoms. The highest BCUT2D eigenvalue weighted by atomic mass is 16.5. The lowest BCUT2D eigenvalue weighted by molar-refractivity contribution is 0.260. The second-order valence-electron chi connectivity index (χ2n) is 4.05. The Balaban J connectivity index is 2.70. The first kappa shape index (κ1) is 12.5. The van der Waals surface area contributed by atoms with Crippen LogP contribution in [-0.4, -0.2) is 38.0 Å². The molecule has 0 radical (unpaired) electrons. The van der Waals surface area contributed by atoms with E-state index in [9.17, 15) is 0 Å². The average molecular weight is 221 g/mol. The first-order valence-corrected chi connectivity index (χ1v) is 5.23. The molecule has 1 aromatic carbocycles. The molecule has 16 heavy (non-hydrogen) atoms. The minimum Gasteiger partial charge on any atom is -0.492 e. The Morgan fingerprint density at radius 3 is 2.69 bits per heavy atom. The van der Waals surface area contributed by atoms with Gasteiger partial charge in [-0.05, 0) is 32.6 Å². The van der Waals surface area contributed by atoms with E-state index in [1.54, 1.807) is 0 Å². The van der Waals surface area contributed by atoms with Gasteiger partial charge in [0.1, 0.15) is 18.2 Å². The number of rotatable bonds is 5. The van der Waals surface area contributed by atoms with Crippen LogP contribution in [0.1, 0.15) is 11.1 Å². The van der Waals surface area contributed by atoms with Crippen LogP contribution < -0.4 is 10.5 Å². The van der Waals surface area contributed by atoms with Crippen LogP contribution in [0.15, 0.2) is 18.2 Å². The molecule has 0 atom stereocenters. The van der Waals surface area contributed by atoms with E-state index in [-0.39, 0.29) is 5.84 Å². The molecule has 1 aromatic rings. The van der Waals surface area contributed by atoms with Crippen molar-refractivity contribution in [3.05, 3.63) is 29.3 Å². The van der Waals surface area contributed by atoms with Crippen molar-refractivity contribution in [3.8, 4) is 5.75 Å². The van der Waals surface area contributed by atoms with Crippen LogP contribution in [0, 0.1) is 12.3 Å². The van der Waals surface area contributed by atoms with Gasteiger partial charge in [0.25, 0.3) is 0 Å². The summed E-state index contributed by atoms with van der Waals surface area (Å²) in [5, 5.41) is 7.36. The third-order valence-corrected chi connectivity index (χ3v) is 2.30. The number of benzene rings is 1. The number of aryl methyl sites for hydroxylation is 1. The van der Waals surface area contributed by atoms with Crippen molar-refractivity contribution in [3.63, 3.8) is 0 Å². The van der Waals surface area contributed by atoms with Crippen LogP contribution >= 0.6 is 0 Å². The van der Waals surface area contributed by atoms with Crippen molar-refractivity contribution in [2.24, 2.45) is 5.73 Å². The smallest absolute Gasteiger partial charge is 0.122 e. The van der Waals surface area contributed by atoms with E-state index >= 15 is 0 Å². The Labute approximate surface area is 96.5 Å². The summed E-state index contributed by atoms with van der Waals surface area (Å²) >= 11 is 0. The van der Waals surface area contributed by atoms with Gasteiger partial charge in [-0.3, -0.25) is 5.41 Å². The molecule has 0 heterocycles. The van der Waals surface area contributed by atoms with Gasteiger partial charge < -0.3 is 15.4 Å². The number of ether oxygens (including phenoxy) is 1. The van der Waals surface area contributed by atoms with E-state index in [2.05, 4.69) is 4.90 Å². The summed E-state index contributed by atoms with van der Waals surface area (Å²) in [5.74, 6) is 0.868. The second-order valence-corrected chi connectivity index (χ2v) is 4.05. The van der Waals surface area contributed by atoms with Gasteiger partial charge in [-0.1, -0.05) is 12.1 Å². The van der Waals surface area contributed by atoms with E-state index in [0.717, 1.165) is 17.9 Å². The van der Waals surface area contributed by atoms with E-state index in [0.29, 0.717) is 12.2 Å². The molecule has 0 saturated heterocycles. The quantitative estimate of drug-likeness (QED) is 0.580. The van der Waals surface area contributed by atoms with Crippen LogP contribution in [0.2, 0.25) is 0 Å². The zero-order valence-corrected chi connectivity index (χ0v) is 10.1. The Morgan fingerprint density at radius 1 is 1.44 bits per heavy atom. The van der Waals surface area contributed by atoms with Crippen LogP contribution in [0.4, 0.5) is 0 Å². The van der Waals surface area contributed by atoms with Crippen molar-refractivity contribution < 1.29 is 4.74 Å². The molecule has 4 nitrogen and oxygen atoms in total. The fourth-order valence-corrected chi connectivity index (χ4v) is 1.26. The molecule has 88 valence electrons. The summed E-state index contributed by atoms with van der Waals surface area (Å²) in [7, 11) is 4.00. The Bertz CT molecular complexity index is 375. The monoisotopic (exact) mass is 221 g/mol. The molecule has 3 N–H and O–H groups in total. The van der Waals surface area contributed by atoms with Crippen molar-refractivity contribution in [1.82, 2.24) is 4.90 Å². The number of hydrogen-bond acceptors (Lipinski definition) is 3. The molecule has 0 saturated carbocycles. The van der Waals surface area contributed by atoms with Gasteiger partial charge in [0.2, 0.25) is 0 Å². The summed E-state index contributed by atoms with van der Waals surface area (Å²) in [6.07, 6.45) is 0. The maximum Gasteiger partial charge on any atom is 0.122 e. The van der Waals surface area contributed by atoms with Crippen LogP contribution in [0.3, 0.4) is 0 Å². The van der Waals surface area contributed by atoms with Crippen molar-refractivity contribution >= 4 is 5.84 Å². The molecule has 4 heteroatoms. The molecule has 1 rings (SSSR count). The topological polar surface area (TPSA) is 62.3 Å². The minimum atomic E-state index is 0.0671. The fourth-order valence-electron chi connectivity index (χ4n) is 1.26. The van der Waals surface area contributed by atoms with Gasteiger partial charge in [-0.15, -0.1) is 0 Å². The van der Waals surface area contributed by atoms with E-state index in [1.165, 1.54) is 0 Å². The highest BCUT2D eigenvalue weighted by Crippen LogP contribution is 2.19. The lowest BCUT2D eigenvalue weighted by Crippen LogP contribution is -2.20. The lowest BCUT2D eigenvalue weighted by atomic mass is 10.1. The van der Waals surface area contributed by atoms with Crippen LogP contribution in [0.25, 0.3) is 0 Å². The average Bonchev–Trinajstić information content (AvgIpc) is 2.20. The molecule has 0 aliphatic rings. The largest absolute Gasteiger partial charge is 0.492 e. The second kappa shape index (κ2) is 5.51. The SMILES string of the molecule is Cc1ccc(C(=N)N)cc1OCCN(C)C. The number of hydrogen-bond donors (Lipinski definition) is 2. The van der Waals surface area contributed by atoms with Gasteiger partial charge in [0, 0.05) is 12.1 Å². The molecular weight excluding hydrogens is 202 g/mol. The third-order valence-electron chi connectivity index (χ3n) is 2.30. The predicted octanol–water partition coefficient (Wildman–Crippen LogP) is 1.22. The number of likely N-dealkylation sites (N-methyl/N-ethyl adjacent to an activating group) is 1. The number of nitrogens with two attached hydrogens (primary N) is 1. The number of nitrogen functional groups attached to an aromatic ring is 1. The molecular formula is C12H19N3O. The maximum atomic E-state index is 7.36. The Morgan fingerprint density at radius 2 is 2.12 bits per heavy atom. The Hall–Kier alpha value is -1.55. The van der Waals surface area contributed by atoms with E-state index in [4.69, 9.17) is 15.9 Å². The van der Waals surface area contributed by atoms with Crippen molar-refractivity contribution in [2.75, 3.05) is 27.2 Å². The first-order chi connectivity index (χ1) is 7.50. The van der Waals surface area contributed by atoms with Crippen LogP contribution in [-0.2, 0) is 0 Å². The van der Waals surface area contributed by atoms with Gasteiger partial charge in [0.15, 0.2) is 0 Å². The molecule has 0 aliphatic heterocycles. The predicted molar refractivity (Wildman–Crippen MR) is 66.2 cm³/mol. The molecule has 0 amide bonds.